The molecule has 1 aromatic heterocycles. The molecule has 0 atom stereocenters. The van der Waals surface area contributed by atoms with Gasteiger partial charge in [0.15, 0.2) is 0 Å². The van der Waals surface area contributed by atoms with Crippen molar-refractivity contribution in [2.45, 2.75) is 33.1 Å². The Bertz CT molecular complexity index is 1060. The largest absolute Gasteiger partial charge is 0.496 e. The van der Waals surface area contributed by atoms with E-state index in [9.17, 15) is 18.0 Å². The predicted octanol–water partition coefficient (Wildman–Crippen LogP) is 4.93. The molecule has 2 aromatic carbocycles. The van der Waals surface area contributed by atoms with Crippen LogP contribution in [0.2, 0.25) is 0 Å². The molecule has 0 spiro atoms. The number of halogens is 3. The maximum absolute atomic E-state index is 13.4. The summed E-state index contributed by atoms with van der Waals surface area (Å²) in [5, 5.41) is 0. The molecule has 3 aromatic rings. The summed E-state index contributed by atoms with van der Waals surface area (Å²) in [7, 11) is 1.51. The summed E-state index contributed by atoms with van der Waals surface area (Å²) < 4.78 is 47.3. The van der Waals surface area contributed by atoms with Crippen molar-refractivity contribution in [2.75, 3.05) is 13.7 Å². The van der Waals surface area contributed by atoms with Gasteiger partial charge in [0.1, 0.15) is 18.1 Å². The minimum atomic E-state index is -4.48. The van der Waals surface area contributed by atoms with Gasteiger partial charge in [-0.2, -0.15) is 13.2 Å². The monoisotopic (exact) mass is 431 g/mol. The average molecular weight is 431 g/mol. The van der Waals surface area contributed by atoms with E-state index in [-0.39, 0.29) is 19.0 Å². The van der Waals surface area contributed by atoms with Crippen molar-refractivity contribution in [3.8, 4) is 16.9 Å². The van der Waals surface area contributed by atoms with Gasteiger partial charge in [-0.15, -0.1) is 0 Å². The number of aryl methyl sites for hydroxylation is 1. The Morgan fingerprint density at radius 2 is 1.90 bits per heavy atom. The van der Waals surface area contributed by atoms with Gasteiger partial charge in [0, 0.05) is 31.0 Å². The number of aromatic nitrogens is 2. The van der Waals surface area contributed by atoms with Crippen LogP contribution >= 0.6 is 0 Å². The average Bonchev–Trinajstić information content (AvgIpc) is 3.15. The second-order valence-corrected chi connectivity index (χ2v) is 7.08. The van der Waals surface area contributed by atoms with Crippen molar-refractivity contribution >= 4 is 5.91 Å². The van der Waals surface area contributed by atoms with Gasteiger partial charge >= 0.3 is 6.18 Å². The summed E-state index contributed by atoms with van der Waals surface area (Å²) in [4.78, 5) is 18.5. The molecule has 1 heterocycles. The Labute approximate surface area is 179 Å². The number of imidazole rings is 1. The zero-order valence-corrected chi connectivity index (χ0v) is 17.6. The van der Waals surface area contributed by atoms with Crippen molar-refractivity contribution in [2.24, 2.45) is 0 Å². The first-order valence-corrected chi connectivity index (χ1v) is 9.83. The molecule has 0 saturated heterocycles. The number of ether oxygens (including phenoxy) is 1. The van der Waals surface area contributed by atoms with Gasteiger partial charge in [-0.25, -0.2) is 4.98 Å². The lowest BCUT2D eigenvalue weighted by Gasteiger charge is -2.24. The highest BCUT2D eigenvalue weighted by molar-refractivity contribution is 5.78. The number of nitrogens with zero attached hydrogens (tertiary/aromatic N) is 3. The predicted molar refractivity (Wildman–Crippen MR) is 111 cm³/mol. The Morgan fingerprint density at radius 3 is 2.52 bits per heavy atom. The van der Waals surface area contributed by atoms with Crippen LogP contribution in [0.5, 0.6) is 5.75 Å². The number of carbonyl (C=O) groups excluding carboxylic acids is 1. The van der Waals surface area contributed by atoms with Gasteiger partial charge in [-0.05, 0) is 43.2 Å². The van der Waals surface area contributed by atoms with Gasteiger partial charge in [-0.3, -0.25) is 4.79 Å². The highest BCUT2D eigenvalue weighted by Gasteiger charge is 2.31. The third kappa shape index (κ3) is 5.07. The number of hydrogen-bond donors (Lipinski definition) is 0. The number of para-hydroxylation sites is 1. The zero-order valence-electron chi connectivity index (χ0n) is 17.6. The molecule has 0 unspecified atom stereocenters. The van der Waals surface area contributed by atoms with Crippen LogP contribution in [0.3, 0.4) is 0 Å². The van der Waals surface area contributed by atoms with Crippen LogP contribution in [0.15, 0.2) is 54.9 Å². The lowest BCUT2D eigenvalue weighted by atomic mass is 9.96. The number of amides is 1. The van der Waals surface area contributed by atoms with E-state index in [0.29, 0.717) is 34.8 Å². The zero-order chi connectivity index (χ0) is 22.6. The molecule has 0 radical (unpaired) electrons. The smallest absolute Gasteiger partial charge is 0.416 e. The second kappa shape index (κ2) is 9.24. The van der Waals surface area contributed by atoms with Crippen LogP contribution < -0.4 is 4.74 Å². The van der Waals surface area contributed by atoms with Crippen LogP contribution in [-0.2, 0) is 24.1 Å². The lowest BCUT2D eigenvalue weighted by Crippen LogP contribution is -2.33. The normalized spacial score (nSPS) is 11.4. The van der Waals surface area contributed by atoms with Gasteiger partial charge in [0.2, 0.25) is 5.91 Å². The topological polar surface area (TPSA) is 47.4 Å². The van der Waals surface area contributed by atoms with Crippen LogP contribution in [0.4, 0.5) is 13.2 Å². The molecule has 0 aliphatic carbocycles. The number of alkyl halides is 3. The summed E-state index contributed by atoms with van der Waals surface area (Å²) in [5.41, 5.74) is 0.908. The van der Waals surface area contributed by atoms with Crippen LogP contribution in [0, 0.1) is 6.92 Å². The Morgan fingerprint density at radius 1 is 1.16 bits per heavy atom. The minimum absolute atomic E-state index is 0.0420. The summed E-state index contributed by atoms with van der Waals surface area (Å²) in [6, 6.07) is 10.7. The number of rotatable bonds is 7. The molecule has 0 aliphatic heterocycles. The summed E-state index contributed by atoms with van der Waals surface area (Å²) >= 11 is 0. The van der Waals surface area contributed by atoms with E-state index in [0.717, 1.165) is 12.1 Å². The number of benzene rings is 2. The molecular formula is C23H24F3N3O2. The van der Waals surface area contributed by atoms with Crippen LogP contribution in [0.25, 0.3) is 11.1 Å². The van der Waals surface area contributed by atoms with Crippen molar-refractivity contribution in [1.29, 1.82) is 0 Å². The standard InChI is InChI=1S/C23H24F3N3O2/c1-4-28(22(30)15-29-12-11-27-16(29)2)14-17-13-18(23(24,25)26)9-10-19(17)20-7-5-6-8-21(20)31-3/h5-13H,4,14-15H2,1-3H3. The molecule has 0 bridgehead atoms. The van der Waals surface area contributed by atoms with E-state index in [1.165, 1.54) is 18.1 Å². The highest BCUT2D eigenvalue weighted by atomic mass is 19.4. The van der Waals surface area contributed by atoms with Gasteiger partial charge in [0.05, 0.1) is 12.7 Å². The fourth-order valence-corrected chi connectivity index (χ4v) is 3.43. The second-order valence-electron chi connectivity index (χ2n) is 7.08. The first-order chi connectivity index (χ1) is 14.7. The molecule has 1 amide bonds. The summed E-state index contributed by atoms with van der Waals surface area (Å²) in [5.74, 6) is 1.04. The molecule has 8 heteroatoms. The molecule has 0 N–H and O–H groups in total. The number of carbonyl (C=O) groups is 1. The van der Waals surface area contributed by atoms with Crippen molar-refractivity contribution < 1.29 is 22.7 Å². The maximum Gasteiger partial charge on any atom is 0.416 e. The first kappa shape index (κ1) is 22.4. The third-order valence-electron chi connectivity index (χ3n) is 5.15. The lowest BCUT2D eigenvalue weighted by molar-refractivity contribution is -0.137. The van der Waals surface area contributed by atoms with E-state index in [2.05, 4.69) is 4.98 Å². The van der Waals surface area contributed by atoms with E-state index < -0.39 is 11.7 Å². The van der Waals surface area contributed by atoms with Crippen LogP contribution in [0.1, 0.15) is 23.9 Å². The van der Waals surface area contributed by atoms with E-state index >= 15 is 0 Å². The molecule has 0 aliphatic rings. The quantitative estimate of drug-likeness (QED) is 0.533. The molecule has 5 nitrogen and oxygen atoms in total. The van der Waals surface area contributed by atoms with Crippen molar-refractivity contribution in [3.63, 3.8) is 0 Å². The Kier molecular flexibility index (Phi) is 6.68. The highest BCUT2D eigenvalue weighted by Crippen LogP contribution is 2.37. The molecule has 0 saturated carbocycles. The maximum atomic E-state index is 13.4. The number of hydrogen-bond acceptors (Lipinski definition) is 3. The molecule has 164 valence electrons. The third-order valence-corrected chi connectivity index (χ3v) is 5.15. The van der Waals surface area contributed by atoms with Crippen molar-refractivity contribution in [3.05, 3.63) is 71.8 Å². The minimum Gasteiger partial charge on any atom is -0.496 e. The van der Waals surface area contributed by atoms with E-state index in [1.54, 1.807) is 55.1 Å². The fraction of sp³-hybridized carbons (Fsp3) is 0.304. The SMILES string of the molecule is CCN(Cc1cc(C(F)(F)F)ccc1-c1ccccc1OC)C(=O)Cn1ccnc1C. The van der Waals surface area contributed by atoms with E-state index in [1.807, 2.05) is 0 Å². The van der Waals surface area contributed by atoms with Crippen molar-refractivity contribution in [1.82, 2.24) is 14.5 Å². The fourth-order valence-electron chi connectivity index (χ4n) is 3.43. The van der Waals surface area contributed by atoms with Crippen LogP contribution in [-0.4, -0.2) is 34.0 Å². The van der Waals surface area contributed by atoms with Gasteiger partial charge < -0.3 is 14.2 Å². The summed E-state index contributed by atoms with van der Waals surface area (Å²) in [6.45, 7) is 4.06. The molecular weight excluding hydrogens is 407 g/mol. The number of methoxy groups -OCH3 is 1. The van der Waals surface area contributed by atoms with E-state index in [4.69, 9.17) is 4.74 Å². The molecule has 0 fully saturated rings. The molecule has 3 rings (SSSR count). The Hall–Kier alpha value is -3.29. The number of likely N-dealkylation sites (N-methyl/N-ethyl adjacent to an activating group) is 1. The first-order valence-electron chi connectivity index (χ1n) is 9.83. The summed E-state index contributed by atoms with van der Waals surface area (Å²) in [6.07, 6.45) is -1.18. The Balaban J connectivity index is 2.00. The molecule has 31 heavy (non-hydrogen) atoms. The van der Waals surface area contributed by atoms with Gasteiger partial charge in [-0.1, -0.05) is 24.3 Å². The van der Waals surface area contributed by atoms with Gasteiger partial charge in [0.25, 0.3) is 0 Å².